The van der Waals surface area contributed by atoms with Crippen molar-refractivity contribution >= 4 is 40.3 Å². The van der Waals surface area contributed by atoms with E-state index in [-0.39, 0.29) is 5.57 Å². The van der Waals surface area contributed by atoms with Crippen molar-refractivity contribution in [2.24, 2.45) is 0 Å². The van der Waals surface area contributed by atoms with Gasteiger partial charge in [-0.05, 0) is 65.4 Å². The predicted molar refractivity (Wildman–Crippen MR) is 92.6 cm³/mol. The van der Waals surface area contributed by atoms with E-state index in [1.165, 1.54) is 0 Å². The van der Waals surface area contributed by atoms with E-state index in [0.717, 1.165) is 14.7 Å². The lowest BCUT2D eigenvalue weighted by molar-refractivity contribution is -0.112. The molecule has 4 heteroatoms. The molecule has 2 aromatic carbocycles. The van der Waals surface area contributed by atoms with Gasteiger partial charge in [0.15, 0.2) is 0 Å². The molecule has 0 saturated heterocycles. The molecule has 1 amide bonds. The first kappa shape index (κ1) is 15.3. The second-order valence-corrected chi connectivity index (χ2v) is 5.79. The molecule has 0 unspecified atom stereocenters. The Kier molecular flexibility index (Phi) is 5.12. The van der Waals surface area contributed by atoms with Gasteiger partial charge in [-0.3, -0.25) is 4.79 Å². The molecule has 0 aromatic heterocycles. The van der Waals surface area contributed by atoms with E-state index in [1.54, 1.807) is 6.08 Å². The van der Waals surface area contributed by atoms with E-state index in [4.69, 9.17) is 5.26 Å². The molecule has 0 fully saturated rings. The predicted octanol–water partition coefficient (Wildman–Crippen LogP) is 4.15. The van der Waals surface area contributed by atoms with E-state index >= 15 is 0 Å². The Hall–Kier alpha value is -2.13. The number of benzene rings is 2. The Labute approximate surface area is 137 Å². The van der Waals surface area contributed by atoms with Crippen LogP contribution in [0.25, 0.3) is 6.08 Å². The molecular weight excluding hydrogens is 375 g/mol. The smallest absolute Gasteiger partial charge is 0.266 e. The summed E-state index contributed by atoms with van der Waals surface area (Å²) >= 11 is 2.21. The van der Waals surface area contributed by atoms with Gasteiger partial charge in [-0.1, -0.05) is 29.8 Å². The Balaban J connectivity index is 2.17. The van der Waals surface area contributed by atoms with Gasteiger partial charge in [0.25, 0.3) is 5.91 Å². The molecule has 3 nitrogen and oxygen atoms in total. The average Bonchev–Trinajstić information content (AvgIpc) is 2.49. The third kappa shape index (κ3) is 4.43. The van der Waals surface area contributed by atoms with Gasteiger partial charge in [-0.2, -0.15) is 5.26 Å². The molecule has 0 saturated carbocycles. The van der Waals surface area contributed by atoms with Crippen LogP contribution in [0.5, 0.6) is 0 Å². The Morgan fingerprint density at radius 3 is 2.33 bits per heavy atom. The summed E-state index contributed by atoms with van der Waals surface area (Å²) in [5.74, 6) is -0.403. The van der Waals surface area contributed by atoms with Crippen molar-refractivity contribution in [1.29, 1.82) is 5.26 Å². The topological polar surface area (TPSA) is 52.9 Å². The van der Waals surface area contributed by atoms with E-state index in [0.29, 0.717) is 5.69 Å². The maximum atomic E-state index is 12.1. The highest BCUT2D eigenvalue weighted by Gasteiger charge is 2.09. The molecule has 21 heavy (non-hydrogen) atoms. The number of nitrogens with one attached hydrogen (secondary N) is 1. The number of amides is 1. The highest BCUT2D eigenvalue weighted by molar-refractivity contribution is 14.1. The van der Waals surface area contributed by atoms with Crippen LogP contribution in [0.4, 0.5) is 5.69 Å². The molecule has 0 spiro atoms. The van der Waals surface area contributed by atoms with Gasteiger partial charge >= 0.3 is 0 Å². The number of anilines is 1. The summed E-state index contributed by atoms with van der Waals surface area (Å²) in [6.07, 6.45) is 1.58. The third-order valence-electron chi connectivity index (χ3n) is 2.86. The van der Waals surface area contributed by atoms with Crippen LogP contribution in [0.3, 0.4) is 0 Å². The van der Waals surface area contributed by atoms with Crippen LogP contribution in [0.15, 0.2) is 54.1 Å². The number of nitriles is 1. The van der Waals surface area contributed by atoms with Crippen LogP contribution >= 0.6 is 22.6 Å². The average molecular weight is 388 g/mol. The first-order chi connectivity index (χ1) is 10.1. The van der Waals surface area contributed by atoms with Crippen molar-refractivity contribution in [3.8, 4) is 6.07 Å². The number of carbonyl (C=O) groups is 1. The van der Waals surface area contributed by atoms with Crippen molar-refractivity contribution in [2.75, 3.05) is 5.32 Å². The minimum Gasteiger partial charge on any atom is -0.321 e. The van der Waals surface area contributed by atoms with Crippen molar-refractivity contribution in [2.45, 2.75) is 6.92 Å². The van der Waals surface area contributed by atoms with Crippen molar-refractivity contribution in [1.82, 2.24) is 0 Å². The molecule has 0 aliphatic rings. The summed E-state index contributed by atoms with van der Waals surface area (Å²) in [6.45, 7) is 1.98. The first-order valence-electron chi connectivity index (χ1n) is 6.34. The Morgan fingerprint density at radius 2 is 1.76 bits per heavy atom. The van der Waals surface area contributed by atoms with Gasteiger partial charge in [0, 0.05) is 9.26 Å². The number of rotatable bonds is 3. The van der Waals surface area contributed by atoms with Crippen molar-refractivity contribution in [3.05, 3.63) is 68.8 Å². The van der Waals surface area contributed by atoms with E-state index in [9.17, 15) is 4.79 Å². The molecule has 0 bridgehead atoms. The van der Waals surface area contributed by atoms with Gasteiger partial charge in [-0.15, -0.1) is 0 Å². The maximum Gasteiger partial charge on any atom is 0.266 e. The second kappa shape index (κ2) is 7.04. The summed E-state index contributed by atoms with van der Waals surface area (Å²) < 4.78 is 1.10. The quantitative estimate of drug-likeness (QED) is 0.488. The van der Waals surface area contributed by atoms with Crippen molar-refractivity contribution < 1.29 is 4.79 Å². The second-order valence-electron chi connectivity index (χ2n) is 4.54. The Morgan fingerprint density at radius 1 is 1.14 bits per heavy atom. The van der Waals surface area contributed by atoms with Crippen LogP contribution in [0, 0.1) is 21.8 Å². The van der Waals surface area contributed by atoms with Gasteiger partial charge in [0.05, 0.1) is 0 Å². The fourth-order valence-corrected chi connectivity index (χ4v) is 2.07. The van der Waals surface area contributed by atoms with Crippen LogP contribution in [0.2, 0.25) is 0 Å². The molecule has 0 aliphatic heterocycles. The first-order valence-corrected chi connectivity index (χ1v) is 7.42. The number of nitrogens with zero attached hydrogens (tertiary/aromatic N) is 1. The zero-order valence-electron chi connectivity index (χ0n) is 11.4. The van der Waals surface area contributed by atoms with E-state index in [2.05, 4.69) is 27.9 Å². The number of carbonyl (C=O) groups excluding carboxylic acids is 1. The maximum absolute atomic E-state index is 12.1. The minimum atomic E-state index is -0.403. The number of hydrogen-bond acceptors (Lipinski definition) is 2. The summed E-state index contributed by atoms with van der Waals surface area (Å²) in [6, 6.07) is 17.0. The van der Waals surface area contributed by atoms with Gasteiger partial charge in [-0.25, -0.2) is 0 Å². The zero-order valence-corrected chi connectivity index (χ0v) is 13.6. The fraction of sp³-hybridized carbons (Fsp3) is 0.0588. The summed E-state index contributed by atoms with van der Waals surface area (Å²) in [5.41, 5.74) is 2.69. The van der Waals surface area contributed by atoms with Gasteiger partial charge in [0.2, 0.25) is 0 Å². The molecule has 2 rings (SSSR count). The molecular formula is C17H13IN2O. The largest absolute Gasteiger partial charge is 0.321 e. The molecule has 2 aromatic rings. The number of halogens is 1. The van der Waals surface area contributed by atoms with Crippen LogP contribution < -0.4 is 5.32 Å². The molecule has 104 valence electrons. The lowest BCUT2D eigenvalue weighted by Gasteiger charge is -2.04. The molecule has 0 atom stereocenters. The van der Waals surface area contributed by atoms with Crippen LogP contribution in [-0.2, 0) is 4.79 Å². The lowest BCUT2D eigenvalue weighted by Crippen LogP contribution is -2.13. The molecule has 0 heterocycles. The summed E-state index contributed by atoms with van der Waals surface area (Å²) in [5, 5.41) is 11.9. The summed E-state index contributed by atoms with van der Waals surface area (Å²) in [4.78, 5) is 12.1. The third-order valence-corrected chi connectivity index (χ3v) is 3.57. The van der Waals surface area contributed by atoms with Crippen LogP contribution in [0.1, 0.15) is 11.1 Å². The van der Waals surface area contributed by atoms with E-state index < -0.39 is 5.91 Å². The fourth-order valence-electron chi connectivity index (χ4n) is 1.71. The van der Waals surface area contributed by atoms with Crippen molar-refractivity contribution in [3.63, 3.8) is 0 Å². The normalized spacial score (nSPS) is 10.8. The molecule has 1 N–H and O–H groups in total. The standard InChI is InChI=1S/C17H13IN2O/c1-12-2-8-16(9-3-12)20-17(21)14(11-19)10-13-4-6-15(18)7-5-13/h2-10H,1H3,(H,20,21)/b14-10+. The van der Waals surface area contributed by atoms with Gasteiger partial charge in [0.1, 0.15) is 11.6 Å². The number of aryl methyl sites for hydroxylation is 1. The minimum absolute atomic E-state index is 0.0804. The summed E-state index contributed by atoms with van der Waals surface area (Å²) in [7, 11) is 0. The zero-order chi connectivity index (χ0) is 15.2. The Bertz CT molecular complexity index is 710. The lowest BCUT2D eigenvalue weighted by atomic mass is 10.1. The highest BCUT2D eigenvalue weighted by Crippen LogP contribution is 2.13. The van der Waals surface area contributed by atoms with Crippen LogP contribution in [-0.4, -0.2) is 5.91 Å². The highest BCUT2D eigenvalue weighted by atomic mass is 127. The van der Waals surface area contributed by atoms with Gasteiger partial charge < -0.3 is 5.32 Å². The monoisotopic (exact) mass is 388 g/mol. The van der Waals surface area contributed by atoms with E-state index in [1.807, 2.05) is 61.5 Å². The SMILES string of the molecule is Cc1ccc(NC(=O)/C(C#N)=C/c2ccc(I)cc2)cc1. The number of hydrogen-bond donors (Lipinski definition) is 1. The molecule has 0 aliphatic carbocycles. The molecule has 0 radical (unpaired) electrons.